The third-order valence-electron chi connectivity index (χ3n) is 1.30. The predicted octanol–water partition coefficient (Wildman–Crippen LogP) is 0.910. The second-order valence-electron chi connectivity index (χ2n) is 2.14. The van der Waals surface area contributed by atoms with E-state index in [4.69, 9.17) is 4.74 Å². The predicted molar refractivity (Wildman–Crippen MR) is 32.2 cm³/mol. The first kappa shape index (κ1) is 6.39. The summed E-state index contributed by atoms with van der Waals surface area (Å²) in [6.07, 6.45) is 1.67. The van der Waals surface area contributed by atoms with Gasteiger partial charge in [0.15, 0.2) is 0 Å². The number of rotatable bonds is 2. The summed E-state index contributed by atoms with van der Waals surface area (Å²) in [4.78, 5) is 10.3. The van der Waals surface area contributed by atoms with Crippen LogP contribution in [-0.4, -0.2) is 18.7 Å². The van der Waals surface area contributed by atoms with Gasteiger partial charge in [0.2, 0.25) is 0 Å². The molecule has 1 amide bonds. The van der Waals surface area contributed by atoms with E-state index in [2.05, 4.69) is 12.2 Å². The average molecular weight is 128 g/mol. The Morgan fingerprint density at radius 2 is 2.67 bits per heavy atom. The SMILES string of the molecule is CCCC1C[N]C(=O)O1. The average Bonchev–Trinajstić information content (AvgIpc) is 2.17. The van der Waals surface area contributed by atoms with E-state index < -0.39 is 6.09 Å². The van der Waals surface area contributed by atoms with Gasteiger partial charge in [0.25, 0.3) is 0 Å². The van der Waals surface area contributed by atoms with Crippen LogP contribution < -0.4 is 5.32 Å². The smallest absolute Gasteiger partial charge is 0.429 e. The Morgan fingerprint density at radius 1 is 1.89 bits per heavy atom. The second-order valence-corrected chi connectivity index (χ2v) is 2.14. The van der Waals surface area contributed by atoms with Crippen LogP contribution in [0.4, 0.5) is 4.79 Å². The van der Waals surface area contributed by atoms with E-state index in [0.717, 1.165) is 12.8 Å². The molecule has 9 heavy (non-hydrogen) atoms. The molecule has 51 valence electrons. The Hall–Kier alpha value is -0.730. The van der Waals surface area contributed by atoms with Gasteiger partial charge in [-0.05, 0) is 6.42 Å². The molecule has 0 aromatic rings. The molecule has 1 atom stereocenters. The summed E-state index contributed by atoms with van der Waals surface area (Å²) in [5.41, 5.74) is 0. The zero-order chi connectivity index (χ0) is 6.69. The molecule has 3 heteroatoms. The van der Waals surface area contributed by atoms with Crippen molar-refractivity contribution in [3.05, 3.63) is 0 Å². The molecule has 0 aromatic heterocycles. The summed E-state index contributed by atoms with van der Waals surface area (Å²) >= 11 is 0. The van der Waals surface area contributed by atoms with Crippen molar-refractivity contribution in [2.75, 3.05) is 6.54 Å². The minimum atomic E-state index is -0.395. The normalized spacial score (nSPS) is 25.4. The van der Waals surface area contributed by atoms with Crippen molar-refractivity contribution in [1.82, 2.24) is 5.32 Å². The summed E-state index contributed by atoms with van der Waals surface area (Å²) in [5.74, 6) is 0. The largest absolute Gasteiger partial charge is 0.443 e. The van der Waals surface area contributed by atoms with Gasteiger partial charge in [-0.2, -0.15) is 0 Å². The molecule has 0 aromatic carbocycles. The van der Waals surface area contributed by atoms with Gasteiger partial charge in [-0.15, -0.1) is 0 Å². The van der Waals surface area contributed by atoms with Crippen LogP contribution in [-0.2, 0) is 4.74 Å². The van der Waals surface area contributed by atoms with Crippen LogP contribution in [0.2, 0.25) is 0 Å². The number of carbonyl (C=O) groups excluding carboxylic acids is 1. The standard InChI is InChI=1S/C6H10NO2/c1-2-3-5-4-7-6(8)9-5/h5H,2-4H2,1H3. The van der Waals surface area contributed by atoms with Gasteiger partial charge in [-0.3, -0.25) is 0 Å². The molecule has 1 radical (unpaired) electrons. The molecule has 1 saturated heterocycles. The van der Waals surface area contributed by atoms with Crippen molar-refractivity contribution in [2.24, 2.45) is 0 Å². The lowest BCUT2D eigenvalue weighted by atomic mass is 10.2. The molecule has 0 aliphatic carbocycles. The van der Waals surface area contributed by atoms with Crippen LogP contribution in [0.3, 0.4) is 0 Å². The highest BCUT2D eigenvalue weighted by Crippen LogP contribution is 2.07. The van der Waals surface area contributed by atoms with Crippen LogP contribution in [0.25, 0.3) is 0 Å². The van der Waals surface area contributed by atoms with Crippen LogP contribution in [0, 0.1) is 0 Å². The Morgan fingerprint density at radius 3 is 3.11 bits per heavy atom. The lowest BCUT2D eigenvalue weighted by molar-refractivity contribution is 0.135. The van der Waals surface area contributed by atoms with Crippen molar-refractivity contribution in [3.8, 4) is 0 Å². The minimum Gasteiger partial charge on any atom is -0.443 e. The maximum atomic E-state index is 10.3. The van der Waals surface area contributed by atoms with E-state index in [-0.39, 0.29) is 6.10 Å². The summed E-state index contributed by atoms with van der Waals surface area (Å²) in [6, 6.07) is 0. The Labute approximate surface area is 54.4 Å². The molecule has 1 aliphatic rings. The number of nitrogens with zero attached hydrogens (tertiary/aromatic N) is 1. The first-order chi connectivity index (χ1) is 4.33. The summed E-state index contributed by atoms with van der Waals surface area (Å²) in [6.45, 7) is 2.62. The van der Waals surface area contributed by atoms with E-state index in [9.17, 15) is 4.79 Å². The van der Waals surface area contributed by atoms with Crippen LogP contribution in [0.5, 0.6) is 0 Å². The lowest BCUT2D eigenvalue weighted by Crippen LogP contribution is -2.09. The van der Waals surface area contributed by atoms with Gasteiger partial charge in [-0.1, -0.05) is 13.3 Å². The molecule has 1 heterocycles. The Bertz CT molecular complexity index is 114. The van der Waals surface area contributed by atoms with Gasteiger partial charge >= 0.3 is 6.09 Å². The number of hydrogen-bond donors (Lipinski definition) is 0. The fraction of sp³-hybridized carbons (Fsp3) is 0.833. The maximum absolute atomic E-state index is 10.3. The highest BCUT2D eigenvalue weighted by atomic mass is 16.6. The zero-order valence-corrected chi connectivity index (χ0v) is 5.46. The van der Waals surface area contributed by atoms with E-state index >= 15 is 0 Å². The first-order valence-corrected chi connectivity index (χ1v) is 3.21. The van der Waals surface area contributed by atoms with Crippen molar-refractivity contribution < 1.29 is 9.53 Å². The third-order valence-corrected chi connectivity index (χ3v) is 1.30. The van der Waals surface area contributed by atoms with Crippen LogP contribution >= 0.6 is 0 Å². The summed E-state index contributed by atoms with van der Waals surface area (Å²) in [5, 5.41) is 3.58. The monoisotopic (exact) mass is 128 g/mol. The molecule has 1 rings (SSSR count). The van der Waals surface area contributed by atoms with Crippen molar-refractivity contribution in [3.63, 3.8) is 0 Å². The van der Waals surface area contributed by atoms with Crippen LogP contribution in [0.1, 0.15) is 19.8 Å². The fourth-order valence-electron chi connectivity index (χ4n) is 0.866. The second kappa shape index (κ2) is 2.71. The lowest BCUT2D eigenvalue weighted by Gasteiger charge is -2.02. The minimum absolute atomic E-state index is 0.0718. The maximum Gasteiger partial charge on any atom is 0.429 e. The highest BCUT2D eigenvalue weighted by Gasteiger charge is 2.22. The summed E-state index contributed by atoms with van der Waals surface area (Å²) < 4.78 is 4.80. The van der Waals surface area contributed by atoms with E-state index in [0.29, 0.717) is 6.54 Å². The molecule has 0 spiro atoms. The number of hydrogen-bond acceptors (Lipinski definition) is 2. The molecule has 0 saturated carbocycles. The molecule has 1 unspecified atom stereocenters. The molecule has 0 N–H and O–H groups in total. The molecule has 1 fully saturated rings. The first-order valence-electron chi connectivity index (χ1n) is 3.21. The van der Waals surface area contributed by atoms with E-state index in [1.165, 1.54) is 0 Å². The Kier molecular flexibility index (Phi) is 1.92. The van der Waals surface area contributed by atoms with Crippen molar-refractivity contribution in [2.45, 2.75) is 25.9 Å². The zero-order valence-electron chi connectivity index (χ0n) is 5.46. The Balaban J connectivity index is 2.22. The van der Waals surface area contributed by atoms with Gasteiger partial charge in [0.05, 0.1) is 6.54 Å². The van der Waals surface area contributed by atoms with Gasteiger partial charge < -0.3 is 4.74 Å². The number of ether oxygens (including phenoxy) is 1. The quantitative estimate of drug-likeness (QED) is 0.554. The van der Waals surface area contributed by atoms with Crippen molar-refractivity contribution >= 4 is 6.09 Å². The fourth-order valence-corrected chi connectivity index (χ4v) is 0.866. The number of carbonyl (C=O) groups is 1. The van der Waals surface area contributed by atoms with Crippen LogP contribution in [0.15, 0.2) is 0 Å². The highest BCUT2D eigenvalue weighted by molar-refractivity contribution is 5.68. The van der Waals surface area contributed by atoms with E-state index in [1.54, 1.807) is 0 Å². The topological polar surface area (TPSA) is 40.4 Å². The molecule has 3 nitrogen and oxygen atoms in total. The molecule has 0 bridgehead atoms. The molecular formula is C6H10NO2. The van der Waals surface area contributed by atoms with Gasteiger partial charge in [0.1, 0.15) is 6.10 Å². The number of cyclic esters (lactones) is 1. The van der Waals surface area contributed by atoms with E-state index in [1.807, 2.05) is 0 Å². The van der Waals surface area contributed by atoms with Gasteiger partial charge in [-0.25, -0.2) is 10.1 Å². The van der Waals surface area contributed by atoms with Gasteiger partial charge in [0, 0.05) is 0 Å². The summed E-state index contributed by atoms with van der Waals surface area (Å²) in [7, 11) is 0. The van der Waals surface area contributed by atoms with Crippen molar-refractivity contribution in [1.29, 1.82) is 0 Å². The molecule has 1 aliphatic heterocycles. The third kappa shape index (κ3) is 1.59. The number of amides is 1. The molecular weight excluding hydrogens is 118 g/mol.